The lowest BCUT2D eigenvalue weighted by Crippen LogP contribution is -2.24. The van der Waals surface area contributed by atoms with Gasteiger partial charge in [-0.2, -0.15) is 13.2 Å². The third-order valence-corrected chi connectivity index (χ3v) is 5.89. The van der Waals surface area contributed by atoms with Crippen molar-refractivity contribution >= 4 is 16.7 Å². The van der Waals surface area contributed by atoms with Crippen molar-refractivity contribution in [3.63, 3.8) is 0 Å². The van der Waals surface area contributed by atoms with Crippen molar-refractivity contribution in [3.8, 4) is 5.75 Å². The zero-order valence-electron chi connectivity index (χ0n) is 19.9. The highest BCUT2D eigenvalue weighted by Gasteiger charge is 2.32. The summed E-state index contributed by atoms with van der Waals surface area (Å²) in [7, 11) is 1.68. The van der Waals surface area contributed by atoms with Crippen molar-refractivity contribution in [1.82, 2.24) is 9.13 Å². The highest BCUT2D eigenvalue weighted by molar-refractivity contribution is 5.81. The zero-order valence-corrected chi connectivity index (χ0v) is 19.9. The van der Waals surface area contributed by atoms with E-state index in [1.807, 2.05) is 0 Å². The molecule has 0 bridgehead atoms. The van der Waals surface area contributed by atoms with Gasteiger partial charge in [0.25, 0.3) is 0 Å². The number of aliphatic hydroxyl groups excluding tert-OH is 1. The molecule has 11 heteroatoms. The van der Waals surface area contributed by atoms with Gasteiger partial charge in [-0.1, -0.05) is 31.2 Å². The zero-order chi connectivity index (χ0) is 27.0. The van der Waals surface area contributed by atoms with Crippen LogP contribution in [-0.2, 0) is 32.8 Å². The first-order chi connectivity index (χ1) is 17.4. The normalized spacial score (nSPS) is 12.9. The second-order valence-electron chi connectivity index (χ2n) is 8.43. The van der Waals surface area contributed by atoms with Gasteiger partial charge >= 0.3 is 12.5 Å². The molecule has 1 N–H and O–H groups in total. The van der Waals surface area contributed by atoms with Crippen LogP contribution in [0.3, 0.4) is 0 Å². The lowest BCUT2D eigenvalue weighted by atomic mass is 10.1. The molecule has 4 aromatic rings. The van der Waals surface area contributed by atoms with Crippen molar-refractivity contribution < 1.29 is 36.2 Å². The molecule has 1 aromatic heterocycles. The monoisotopic (exact) mass is 523 g/mol. The number of nitrogens with zero attached hydrogens (tertiary/aromatic N) is 3. The van der Waals surface area contributed by atoms with Crippen molar-refractivity contribution in [3.05, 3.63) is 88.5 Å². The number of aliphatic hydroxyl groups is 1. The summed E-state index contributed by atoms with van der Waals surface area (Å²) in [4.78, 5) is 4.58. The number of halogens is 6. The Labute approximate surface area is 207 Å². The fourth-order valence-electron chi connectivity index (χ4n) is 4.15. The Morgan fingerprint density at radius 3 is 2.05 bits per heavy atom. The Balaban J connectivity index is 1.93. The van der Waals surface area contributed by atoms with Gasteiger partial charge < -0.3 is 19.0 Å². The van der Waals surface area contributed by atoms with Crippen LogP contribution in [-0.4, -0.2) is 20.6 Å². The standard InChI is InChI=1S/C26H23F6N3O2/c1-3-18-12-19(25(27,28)29)13-22-23(18)34(2)24(35(22)14-16-4-6-17(15-36)7-5-16)33-20-8-10-21(11-9-20)37-26(30,31)32/h4-13,36H,3,14-15H2,1-2H3. The van der Waals surface area contributed by atoms with Crippen molar-refractivity contribution in [2.45, 2.75) is 39.0 Å². The number of aryl methyl sites for hydroxylation is 2. The first kappa shape index (κ1) is 26.3. The molecule has 0 spiro atoms. The summed E-state index contributed by atoms with van der Waals surface area (Å²) in [6.07, 6.45) is -9.05. The highest BCUT2D eigenvalue weighted by atomic mass is 19.4. The van der Waals surface area contributed by atoms with Crippen LogP contribution in [0.25, 0.3) is 11.0 Å². The molecule has 5 nitrogen and oxygen atoms in total. The van der Waals surface area contributed by atoms with E-state index >= 15 is 0 Å². The Hall–Kier alpha value is -3.73. The topological polar surface area (TPSA) is 51.7 Å². The average molecular weight is 523 g/mol. The molecule has 0 atom stereocenters. The number of hydrogen-bond donors (Lipinski definition) is 1. The fourth-order valence-corrected chi connectivity index (χ4v) is 4.15. The summed E-state index contributed by atoms with van der Waals surface area (Å²) >= 11 is 0. The summed E-state index contributed by atoms with van der Waals surface area (Å²) in [6.45, 7) is 1.78. The molecule has 3 aromatic carbocycles. The number of imidazole rings is 1. The van der Waals surface area contributed by atoms with Crippen LogP contribution >= 0.6 is 0 Å². The predicted octanol–water partition coefficient (Wildman–Crippen LogP) is 6.23. The van der Waals surface area contributed by atoms with Crippen LogP contribution in [0.2, 0.25) is 0 Å². The summed E-state index contributed by atoms with van der Waals surface area (Å²) in [5, 5.41) is 9.32. The number of aromatic nitrogens is 2. The first-order valence-corrected chi connectivity index (χ1v) is 11.3. The minimum Gasteiger partial charge on any atom is -0.406 e. The van der Waals surface area contributed by atoms with E-state index < -0.39 is 23.9 Å². The molecular formula is C26H23F6N3O2. The molecule has 37 heavy (non-hydrogen) atoms. The second-order valence-corrected chi connectivity index (χ2v) is 8.43. The fraction of sp³-hybridized carbons (Fsp3) is 0.269. The molecule has 4 rings (SSSR count). The Bertz CT molecular complexity index is 1460. The number of rotatable bonds is 6. The minimum absolute atomic E-state index is 0.148. The molecule has 0 saturated heterocycles. The van der Waals surface area contributed by atoms with Crippen molar-refractivity contribution in [1.29, 1.82) is 0 Å². The van der Waals surface area contributed by atoms with Crippen LogP contribution < -0.4 is 10.4 Å². The Morgan fingerprint density at radius 1 is 0.892 bits per heavy atom. The summed E-state index contributed by atoms with van der Waals surface area (Å²) < 4.78 is 85.9. The molecule has 0 aliphatic heterocycles. The Morgan fingerprint density at radius 2 is 1.51 bits per heavy atom. The quantitative estimate of drug-likeness (QED) is 0.305. The van der Waals surface area contributed by atoms with Crippen LogP contribution in [0.15, 0.2) is 65.7 Å². The van der Waals surface area contributed by atoms with Crippen molar-refractivity contribution in [2.75, 3.05) is 0 Å². The van der Waals surface area contributed by atoms with Crippen LogP contribution in [0, 0.1) is 0 Å². The van der Waals surface area contributed by atoms with Crippen LogP contribution in [0.4, 0.5) is 32.0 Å². The van der Waals surface area contributed by atoms with E-state index in [4.69, 9.17) is 0 Å². The van der Waals surface area contributed by atoms with Gasteiger partial charge in [-0.25, -0.2) is 4.99 Å². The number of hydrogen-bond acceptors (Lipinski definition) is 3. The van der Waals surface area contributed by atoms with E-state index in [-0.39, 0.29) is 13.2 Å². The first-order valence-electron chi connectivity index (χ1n) is 11.3. The summed E-state index contributed by atoms with van der Waals surface area (Å²) in [6, 6.07) is 14.1. The minimum atomic E-state index is -4.84. The van der Waals surface area contributed by atoms with Gasteiger partial charge in [0.2, 0.25) is 5.62 Å². The smallest absolute Gasteiger partial charge is 0.406 e. The van der Waals surface area contributed by atoms with Gasteiger partial charge in [0.1, 0.15) is 5.75 Å². The van der Waals surface area contributed by atoms with E-state index in [1.54, 1.807) is 47.4 Å². The number of fused-ring (bicyclic) bond motifs is 1. The van der Waals surface area contributed by atoms with Gasteiger partial charge in [-0.15, -0.1) is 13.2 Å². The maximum Gasteiger partial charge on any atom is 0.573 e. The maximum atomic E-state index is 13.7. The number of alkyl halides is 6. The van der Waals surface area contributed by atoms with Gasteiger partial charge in [-0.3, -0.25) is 0 Å². The van der Waals surface area contributed by atoms with E-state index in [2.05, 4.69) is 9.73 Å². The van der Waals surface area contributed by atoms with E-state index in [1.165, 1.54) is 12.1 Å². The molecule has 1 heterocycles. The van der Waals surface area contributed by atoms with Gasteiger partial charge in [0.05, 0.1) is 35.4 Å². The van der Waals surface area contributed by atoms with E-state index in [9.17, 15) is 31.4 Å². The van der Waals surface area contributed by atoms with Gasteiger partial charge in [0, 0.05) is 7.05 Å². The highest BCUT2D eigenvalue weighted by Crippen LogP contribution is 2.34. The number of benzene rings is 3. The molecule has 0 aliphatic carbocycles. The summed E-state index contributed by atoms with van der Waals surface area (Å²) in [5.41, 5.74) is 2.62. The molecular weight excluding hydrogens is 500 g/mol. The molecule has 0 saturated carbocycles. The lowest BCUT2D eigenvalue weighted by Gasteiger charge is -2.12. The second kappa shape index (κ2) is 9.97. The summed E-state index contributed by atoms with van der Waals surface area (Å²) in [5.74, 6) is -0.413. The van der Waals surface area contributed by atoms with Gasteiger partial charge in [0.15, 0.2) is 0 Å². The van der Waals surface area contributed by atoms with E-state index in [0.717, 1.165) is 29.8 Å². The molecule has 0 fully saturated rings. The maximum absolute atomic E-state index is 13.7. The van der Waals surface area contributed by atoms with Gasteiger partial charge in [-0.05, 0) is 59.5 Å². The Kier molecular flexibility index (Phi) is 7.09. The SMILES string of the molecule is CCc1cc(C(F)(F)F)cc2c1n(C)c(=Nc1ccc(OC(F)(F)F)cc1)n2Cc1ccc(CO)cc1. The molecule has 0 radical (unpaired) electrons. The largest absolute Gasteiger partial charge is 0.573 e. The van der Waals surface area contributed by atoms with Crippen molar-refractivity contribution in [2.24, 2.45) is 12.0 Å². The lowest BCUT2D eigenvalue weighted by molar-refractivity contribution is -0.274. The molecule has 196 valence electrons. The molecule has 0 unspecified atom stereocenters. The predicted molar refractivity (Wildman–Crippen MR) is 125 cm³/mol. The van der Waals surface area contributed by atoms with Crippen LogP contribution in [0.5, 0.6) is 5.75 Å². The molecule has 0 aliphatic rings. The van der Waals surface area contributed by atoms with Crippen LogP contribution in [0.1, 0.15) is 29.2 Å². The molecule has 0 amide bonds. The number of ether oxygens (including phenoxy) is 1. The average Bonchev–Trinajstić information content (AvgIpc) is 3.09. The van der Waals surface area contributed by atoms with E-state index in [0.29, 0.717) is 39.9 Å². The third-order valence-electron chi connectivity index (χ3n) is 5.89. The third kappa shape index (κ3) is 5.82.